The molecule has 1 amide bonds. The highest BCUT2D eigenvalue weighted by molar-refractivity contribution is 9.10. The number of amides is 1. The topological polar surface area (TPSA) is 59.8 Å². The minimum Gasteiger partial charge on any atom is -0.349 e. The van der Waals surface area contributed by atoms with E-state index in [0.29, 0.717) is 0 Å². The highest BCUT2D eigenvalue weighted by Crippen LogP contribution is 2.25. The Morgan fingerprint density at radius 1 is 1.14 bits per heavy atom. The summed E-state index contributed by atoms with van der Waals surface area (Å²) >= 11 is 4.82. The number of nitrogens with one attached hydrogen (secondary N) is 1. The van der Waals surface area contributed by atoms with Gasteiger partial charge in [0, 0.05) is 4.47 Å². The molecule has 7 heteroatoms. The monoisotopic (exact) mass is 458 g/mol. The van der Waals surface area contributed by atoms with Gasteiger partial charge in [0.05, 0.1) is 17.5 Å². The predicted octanol–water partition coefficient (Wildman–Crippen LogP) is 4.92. The van der Waals surface area contributed by atoms with Crippen LogP contribution in [0, 0.1) is 20.8 Å². The van der Waals surface area contributed by atoms with Gasteiger partial charge < -0.3 is 5.32 Å². The lowest BCUT2D eigenvalue weighted by Crippen LogP contribution is -2.28. The molecule has 1 aromatic heterocycles. The van der Waals surface area contributed by atoms with E-state index in [9.17, 15) is 4.79 Å². The maximum atomic E-state index is 12.4. The van der Waals surface area contributed by atoms with Gasteiger partial charge in [-0.1, -0.05) is 52.0 Å². The summed E-state index contributed by atoms with van der Waals surface area (Å²) in [6, 6.07) is 14.2. The minimum atomic E-state index is -0.0557. The van der Waals surface area contributed by atoms with Gasteiger partial charge in [0.25, 0.3) is 0 Å². The van der Waals surface area contributed by atoms with Crippen LogP contribution < -0.4 is 5.32 Å². The fourth-order valence-electron chi connectivity index (χ4n) is 2.92. The molecule has 0 bridgehead atoms. The number of thioether (sulfide) groups is 1. The Morgan fingerprint density at radius 2 is 1.86 bits per heavy atom. The number of hydrogen-bond acceptors (Lipinski definition) is 4. The van der Waals surface area contributed by atoms with Crippen LogP contribution in [-0.2, 0) is 4.79 Å². The Balaban J connectivity index is 1.69. The highest BCUT2D eigenvalue weighted by atomic mass is 79.9. The van der Waals surface area contributed by atoms with Crippen LogP contribution >= 0.6 is 27.7 Å². The molecule has 146 valence electrons. The molecule has 0 fully saturated rings. The molecular formula is C21H23BrN4OS. The Labute approximate surface area is 178 Å². The fourth-order valence-corrected chi connectivity index (χ4v) is 3.99. The van der Waals surface area contributed by atoms with E-state index in [1.807, 2.05) is 42.7 Å². The average Bonchev–Trinajstić information content (AvgIpc) is 3.03. The van der Waals surface area contributed by atoms with Crippen LogP contribution in [0.4, 0.5) is 0 Å². The smallest absolute Gasteiger partial charge is 0.230 e. The second kappa shape index (κ2) is 8.92. The fraction of sp³-hybridized carbons (Fsp3) is 0.286. The third kappa shape index (κ3) is 4.83. The first-order chi connectivity index (χ1) is 13.3. The zero-order chi connectivity index (χ0) is 20.3. The first-order valence-electron chi connectivity index (χ1n) is 9.02. The molecule has 3 aromatic rings. The summed E-state index contributed by atoms with van der Waals surface area (Å²) in [6.45, 7) is 8.03. The van der Waals surface area contributed by atoms with Crippen molar-refractivity contribution in [1.82, 2.24) is 20.1 Å². The summed E-state index contributed by atoms with van der Waals surface area (Å²) in [7, 11) is 0. The number of carbonyl (C=O) groups is 1. The largest absolute Gasteiger partial charge is 0.349 e. The summed E-state index contributed by atoms with van der Waals surface area (Å²) < 4.78 is 3.03. The van der Waals surface area contributed by atoms with Crippen LogP contribution in [0.3, 0.4) is 0 Å². The molecule has 0 aliphatic carbocycles. The van der Waals surface area contributed by atoms with E-state index in [1.165, 1.54) is 17.3 Å². The SMILES string of the molecule is Cc1ccc(C)c(-n2c(C)nnc2SCC(=O)NC(C)c2ccc(Br)cc2)c1. The lowest BCUT2D eigenvalue weighted by atomic mass is 10.1. The van der Waals surface area contributed by atoms with Gasteiger partial charge in [-0.05, 0) is 62.6 Å². The van der Waals surface area contributed by atoms with Gasteiger partial charge in [0.1, 0.15) is 5.82 Å². The Hall–Kier alpha value is -2.12. The molecular weight excluding hydrogens is 436 g/mol. The zero-order valence-corrected chi connectivity index (χ0v) is 18.8. The van der Waals surface area contributed by atoms with Crippen molar-refractivity contribution >= 4 is 33.6 Å². The van der Waals surface area contributed by atoms with E-state index in [2.05, 4.69) is 63.5 Å². The highest BCUT2D eigenvalue weighted by Gasteiger charge is 2.16. The van der Waals surface area contributed by atoms with E-state index in [-0.39, 0.29) is 17.7 Å². The summed E-state index contributed by atoms with van der Waals surface area (Å²) in [6.07, 6.45) is 0. The molecule has 1 unspecified atom stereocenters. The maximum absolute atomic E-state index is 12.4. The van der Waals surface area contributed by atoms with Gasteiger partial charge in [0.15, 0.2) is 5.16 Å². The van der Waals surface area contributed by atoms with Crippen LogP contribution in [0.1, 0.15) is 35.5 Å². The van der Waals surface area contributed by atoms with Gasteiger partial charge in [-0.25, -0.2) is 0 Å². The molecule has 1 heterocycles. The van der Waals surface area contributed by atoms with E-state index in [4.69, 9.17) is 0 Å². The summed E-state index contributed by atoms with van der Waals surface area (Å²) in [5.74, 6) is 1.05. The number of halogens is 1. The molecule has 2 aromatic carbocycles. The zero-order valence-electron chi connectivity index (χ0n) is 16.4. The number of aryl methyl sites for hydroxylation is 3. The third-order valence-corrected chi connectivity index (χ3v) is 5.94. The Kier molecular flexibility index (Phi) is 6.57. The number of benzene rings is 2. The number of aromatic nitrogens is 3. The predicted molar refractivity (Wildman–Crippen MR) is 117 cm³/mol. The van der Waals surface area contributed by atoms with Crippen molar-refractivity contribution in [3.05, 3.63) is 69.5 Å². The van der Waals surface area contributed by atoms with Gasteiger partial charge in [0.2, 0.25) is 5.91 Å². The van der Waals surface area contributed by atoms with E-state index in [1.54, 1.807) is 0 Å². The van der Waals surface area contributed by atoms with E-state index in [0.717, 1.165) is 32.3 Å². The second-order valence-electron chi connectivity index (χ2n) is 6.78. The Morgan fingerprint density at radius 3 is 2.57 bits per heavy atom. The molecule has 28 heavy (non-hydrogen) atoms. The molecule has 0 spiro atoms. The molecule has 0 aliphatic heterocycles. The molecule has 3 rings (SSSR count). The molecule has 0 saturated carbocycles. The maximum Gasteiger partial charge on any atom is 0.230 e. The third-order valence-electron chi connectivity index (χ3n) is 4.48. The van der Waals surface area contributed by atoms with Gasteiger partial charge in [-0.15, -0.1) is 10.2 Å². The van der Waals surface area contributed by atoms with Crippen molar-refractivity contribution in [2.75, 3.05) is 5.75 Å². The van der Waals surface area contributed by atoms with Crippen LogP contribution in [0.15, 0.2) is 52.1 Å². The lowest BCUT2D eigenvalue weighted by molar-refractivity contribution is -0.119. The van der Waals surface area contributed by atoms with Crippen LogP contribution in [0.5, 0.6) is 0 Å². The van der Waals surface area contributed by atoms with Crippen molar-refractivity contribution in [1.29, 1.82) is 0 Å². The quantitative estimate of drug-likeness (QED) is 0.532. The summed E-state index contributed by atoms with van der Waals surface area (Å²) in [4.78, 5) is 12.4. The summed E-state index contributed by atoms with van der Waals surface area (Å²) in [5, 5.41) is 12.2. The molecule has 1 atom stereocenters. The standard InChI is InChI=1S/C21H23BrN4OS/c1-13-5-6-14(2)19(11-13)26-16(4)24-25-21(26)28-12-20(27)23-15(3)17-7-9-18(22)10-8-17/h5-11,15H,12H2,1-4H3,(H,23,27). The van der Waals surface area contributed by atoms with Gasteiger partial charge in [-0.3, -0.25) is 9.36 Å². The Bertz CT molecular complexity index is 985. The molecule has 5 nitrogen and oxygen atoms in total. The van der Waals surface area contributed by atoms with Crippen LogP contribution in [-0.4, -0.2) is 26.4 Å². The van der Waals surface area contributed by atoms with E-state index < -0.39 is 0 Å². The normalized spacial score (nSPS) is 12.0. The number of hydrogen-bond donors (Lipinski definition) is 1. The van der Waals surface area contributed by atoms with Crippen molar-refractivity contribution in [2.24, 2.45) is 0 Å². The molecule has 1 N–H and O–H groups in total. The molecule has 0 saturated heterocycles. The number of rotatable bonds is 6. The lowest BCUT2D eigenvalue weighted by Gasteiger charge is -2.15. The van der Waals surface area contributed by atoms with Crippen LogP contribution in [0.25, 0.3) is 5.69 Å². The second-order valence-corrected chi connectivity index (χ2v) is 8.64. The first kappa shape index (κ1) is 20.6. The van der Waals surface area contributed by atoms with Crippen molar-refractivity contribution in [3.63, 3.8) is 0 Å². The van der Waals surface area contributed by atoms with Crippen LogP contribution in [0.2, 0.25) is 0 Å². The van der Waals surface area contributed by atoms with Crippen molar-refractivity contribution in [2.45, 2.75) is 38.9 Å². The van der Waals surface area contributed by atoms with E-state index >= 15 is 0 Å². The molecule has 0 aliphatic rings. The molecule has 0 radical (unpaired) electrons. The van der Waals surface area contributed by atoms with Gasteiger partial charge in [-0.2, -0.15) is 0 Å². The first-order valence-corrected chi connectivity index (χ1v) is 10.8. The van der Waals surface area contributed by atoms with Crippen molar-refractivity contribution < 1.29 is 4.79 Å². The number of nitrogens with zero attached hydrogens (tertiary/aromatic N) is 3. The van der Waals surface area contributed by atoms with Crippen molar-refractivity contribution in [3.8, 4) is 5.69 Å². The minimum absolute atomic E-state index is 0.0337. The number of carbonyl (C=O) groups excluding carboxylic acids is 1. The van der Waals surface area contributed by atoms with Gasteiger partial charge >= 0.3 is 0 Å². The average molecular weight is 459 g/mol. The summed E-state index contributed by atoms with van der Waals surface area (Å²) in [5.41, 5.74) is 4.43.